The average molecular weight is 311 g/mol. The lowest BCUT2D eigenvalue weighted by Crippen LogP contribution is -2.44. The topological polar surface area (TPSA) is 44.3 Å². The van der Waals surface area contributed by atoms with E-state index in [1.165, 1.54) is 5.69 Å². The molecule has 1 aromatic carbocycles. The number of rotatable bonds is 4. The Bertz CT molecular complexity index is 630. The first-order valence-electron chi connectivity index (χ1n) is 8.25. The smallest absolute Gasteiger partial charge is 0.227 e. The van der Waals surface area contributed by atoms with Crippen molar-refractivity contribution in [2.45, 2.75) is 19.8 Å². The molecule has 0 saturated carbocycles. The summed E-state index contributed by atoms with van der Waals surface area (Å²) in [6, 6.07) is 10.5. The fourth-order valence-electron chi connectivity index (χ4n) is 2.70. The highest BCUT2D eigenvalue weighted by atomic mass is 15.2. The third kappa shape index (κ3) is 3.99. The van der Waals surface area contributed by atoms with Gasteiger partial charge >= 0.3 is 0 Å². The predicted octanol–water partition coefficient (Wildman–Crippen LogP) is 3.10. The van der Waals surface area contributed by atoms with Gasteiger partial charge in [0, 0.05) is 49.4 Å². The number of nitrogens with zero attached hydrogens (tertiary/aromatic N) is 4. The molecule has 0 unspecified atom stereocenters. The quantitative estimate of drug-likeness (QED) is 0.940. The summed E-state index contributed by atoms with van der Waals surface area (Å²) >= 11 is 0. The van der Waals surface area contributed by atoms with E-state index in [0.717, 1.165) is 37.6 Å². The molecule has 0 atom stereocenters. The minimum atomic E-state index is 0.401. The van der Waals surface area contributed by atoms with Crippen LogP contribution in [0.4, 0.5) is 17.3 Å². The van der Waals surface area contributed by atoms with Gasteiger partial charge in [0.1, 0.15) is 0 Å². The van der Waals surface area contributed by atoms with Crippen LogP contribution in [0, 0.1) is 0 Å². The molecule has 1 N–H and O–H groups in total. The molecule has 0 radical (unpaired) electrons. The van der Waals surface area contributed by atoms with Crippen molar-refractivity contribution in [1.29, 1.82) is 0 Å². The van der Waals surface area contributed by atoms with Crippen molar-refractivity contribution < 1.29 is 0 Å². The first-order valence-corrected chi connectivity index (χ1v) is 8.25. The summed E-state index contributed by atoms with van der Waals surface area (Å²) in [4.78, 5) is 13.6. The van der Waals surface area contributed by atoms with Crippen molar-refractivity contribution in [3.8, 4) is 0 Å². The Morgan fingerprint density at radius 2 is 1.70 bits per heavy atom. The van der Waals surface area contributed by atoms with Crippen LogP contribution in [-0.4, -0.2) is 48.1 Å². The van der Waals surface area contributed by atoms with Gasteiger partial charge in [-0.1, -0.05) is 13.8 Å². The van der Waals surface area contributed by atoms with Gasteiger partial charge in [-0.25, -0.2) is 9.97 Å². The molecule has 23 heavy (non-hydrogen) atoms. The standard InChI is InChI=1S/C18H25N5/c1-14(2)17-8-9-19-18(21-17)20-15-4-6-16(7-5-15)23-12-10-22(3)11-13-23/h4-9,14H,10-13H2,1-3H3,(H,19,20,21). The molecule has 3 rings (SSSR count). The number of nitrogens with one attached hydrogen (secondary N) is 1. The highest BCUT2D eigenvalue weighted by Crippen LogP contribution is 2.21. The van der Waals surface area contributed by atoms with E-state index in [9.17, 15) is 0 Å². The lowest BCUT2D eigenvalue weighted by molar-refractivity contribution is 0.313. The van der Waals surface area contributed by atoms with E-state index in [2.05, 4.69) is 70.2 Å². The molecule has 1 aliphatic heterocycles. The molecular formula is C18H25N5. The summed E-state index contributed by atoms with van der Waals surface area (Å²) in [5, 5.41) is 3.29. The molecule has 1 aliphatic rings. The maximum atomic E-state index is 4.55. The van der Waals surface area contributed by atoms with Crippen LogP contribution >= 0.6 is 0 Å². The molecule has 0 bridgehead atoms. The number of hydrogen-bond donors (Lipinski definition) is 1. The maximum Gasteiger partial charge on any atom is 0.227 e. The van der Waals surface area contributed by atoms with Gasteiger partial charge in [-0.2, -0.15) is 0 Å². The minimum absolute atomic E-state index is 0.401. The molecule has 2 heterocycles. The zero-order chi connectivity index (χ0) is 16.2. The van der Waals surface area contributed by atoms with Gasteiger partial charge in [0.2, 0.25) is 5.95 Å². The Hall–Kier alpha value is -2.14. The largest absolute Gasteiger partial charge is 0.369 e. The Morgan fingerprint density at radius 3 is 2.35 bits per heavy atom. The van der Waals surface area contributed by atoms with Crippen LogP contribution in [0.3, 0.4) is 0 Å². The highest BCUT2D eigenvalue weighted by Gasteiger charge is 2.14. The third-order valence-corrected chi connectivity index (χ3v) is 4.26. The number of anilines is 3. The summed E-state index contributed by atoms with van der Waals surface area (Å²) in [6.07, 6.45) is 1.81. The molecule has 1 saturated heterocycles. The first-order chi connectivity index (χ1) is 11.1. The van der Waals surface area contributed by atoms with Crippen molar-refractivity contribution in [3.05, 3.63) is 42.2 Å². The lowest BCUT2D eigenvalue weighted by Gasteiger charge is -2.34. The fourth-order valence-corrected chi connectivity index (χ4v) is 2.70. The SMILES string of the molecule is CC(C)c1ccnc(Nc2ccc(N3CCN(C)CC3)cc2)n1. The number of hydrogen-bond acceptors (Lipinski definition) is 5. The zero-order valence-electron chi connectivity index (χ0n) is 14.2. The van der Waals surface area contributed by atoms with Crippen molar-refractivity contribution in [1.82, 2.24) is 14.9 Å². The van der Waals surface area contributed by atoms with Gasteiger partial charge in [0.05, 0.1) is 0 Å². The van der Waals surface area contributed by atoms with Gasteiger partial charge in [0.15, 0.2) is 0 Å². The fraction of sp³-hybridized carbons (Fsp3) is 0.444. The predicted molar refractivity (Wildman–Crippen MR) is 95.6 cm³/mol. The summed E-state index contributed by atoms with van der Waals surface area (Å²) in [5.74, 6) is 1.06. The van der Waals surface area contributed by atoms with E-state index in [0.29, 0.717) is 11.9 Å². The number of benzene rings is 1. The number of piperazine rings is 1. The van der Waals surface area contributed by atoms with Crippen LogP contribution in [0.2, 0.25) is 0 Å². The number of aromatic nitrogens is 2. The molecule has 5 heteroatoms. The molecule has 0 aliphatic carbocycles. The lowest BCUT2D eigenvalue weighted by atomic mass is 10.1. The maximum absolute atomic E-state index is 4.55. The number of likely N-dealkylation sites (N-methyl/N-ethyl adjacent to an activating group) is 1. The van der Waals surface area contributed by atoms with E-state index in [1.807, 2.05) is 12.3 Å². The van der Waals surface area contributed by atoms with Crippen LogP contribution in [0.25, 0.3) is 0 Å². The molecule has 1 fully saturated rings. The average Bonchev–Trinajstić information content (AvgIpc) is 2.57. The molecule has 2 aromatic rings. The van der Waals surface area contributed by atoms with E-state index < -0.39 is 0 Å². The second-order valence-corrected chi connectivity index (χ2v) is 6.42. The van der Waals surface area contributed by atoms with E-state index in [1.54, 1.807) is 0 Å². The second-order valence-electron chi connectivity index (χ2n) is 6.42. The third-order valence-electron chi connectivity index (χ3n) is 4.26. The van der Waals surface area contributed by atoms with Crippen molar-refractivity contribution in [3.63, 3.8) is 0 Å². The summed E-state index contributed by atoms with van der Waals surface area (Å²) < 4.78 is 0. The van der Waals surface area contributed by atoms with Crippen molar-refractivity contribution in [2.75, 3.05) is 43.4 Å². The van der Waals surface area contributed by atoms with E-state index in [-0.39, 0.29) is 0 Å². The van der Waals surface area contributed by atoms with Gasteiger partial charge < -0.3 is 15.1 Å². The van der Waals surface area contributed by atoms with Gasteiger partial charge in [-0.3, -0.25) is 0 Å². The van der Waals surface area contributed by atoms with Crippen LogP contribution in [0.15, 0.2) is 36.5 Å². The summed E-state index contributed by atoms with van der Waals surface area (Å²) in [7, 11) is 2.18. The Labute approximate surface area is 138 Å². The molecule has 1 aromatic heterocycles. The zero-order valence-corrected chi connectivity index (χ0v) is 14.2. The van der Waals surface area contributed by atoms with Crippen LogP contribution in [0.1, 0.15) is 25.5 Å². The van der Waals surface area contributed by atoms with Gasteiger partial charge in [-0.15, -0.1) is 0 Å². The van der Waals surface area contributed by atoms with Crippen molar-refractivity contribution >= 4 is 17.3 Å². The Morgan fingerprint density at radius 1 is 1.00 bits per heavy atom. The highest BCUT2D eigenvalue weighted by molar-refractivity contribution is 5.59. The summed E-state index contributed by atoms with van der Waals surface area (Å²) in [5.41, 5.74) is 3.35. The minimum Gasteiger partial charge on any atom is -0.369 e. The normalized spacial score (nSPS) is 15.9. The van der Waals surface area contributed by atoms with Crippen LogP contribution in [0.5, 0.6) is 0 Å². The molecule has 5 nitrogen and oxygen atoms in total. The second kappa shape index (κ2) is 6.96. The summed E-state index contributed by atoms with van der Waals surface area (Å²) in [6.45, 7) is 8.69. The Balaban J connectivity index is 1.67. The molecule has 122 valence electrons. The van der Waals surface area contributed by atoms with E-state index in [4.69, 9.17) is 0 Å². The molecule has 0 spiro atoms. The van der Waals surface area contributed by atoms with Crippen LogP contribution < -0.4 is 10.2 Å². The van der Waals surface area contributed by atoms with Crippen LogP contribution in [-0.2, 0) is 0 Å². The van der Waals surface area contributed by atoms with Gasteiger partial charge in [-0.05, 0) is 43.3 Å². The molecular weight excluding hydrogens is 286 g/mol. The van der Waals surface area contributed by atoms with Crippen molar-refractivity contribution in [2.24, 2.45) is 0 Å². The monoisotopic (exact) mass is 311 g/mol. The molecule has 0 amide bonds. The first kappa shape index (κ1) is 15.7. The van der Waals surface area contributed by atoms with Gasteiger partial charge in [0.25, 0.3) is 0 Å². The Kier molecular flexibility index (Phi) is 4.76. The van der Waals surface area contributed by atoms with E-state index >= 15 is 0 Å².